The van der Waals surface area contributed by atoms with E-state index in [0.717, 1.165) is 31.5 Å². The molecule has 0 spiro atoms. The third-order valence-electron chi connectivity index (χ3n) is 4.83. The maximum atomic E-state index is 12.2. The van der Waals surface area contributed by atoms with Crippen molar-refractivity contribution in [1.29, 1.82) is 0 Å². The molecule has 0 saturated carbocycles. The lowest BCUT2D eigenvalue weighted by Gasteiger charge is -2.33. The van der Waals surface area contributed by atoms with Crippen LogP contribution in [0.5, 0.6) is 0 Å². The Kier molecular flexibility index (Phi) is 6.79. The number of aryl methyl sites for hydroxylation is 2. The Morgan fingerprint density at radius 3 is 2.46 bits per heavy atom. The van der Waals surface area contributed by atoms with Gasteiger partial charge in [-0.2, -0.15) is 0 Å². The summed E-state index contributed by atoms with van der Waals surface area (Å²) in [6.07, 6.45) is 3.00. The number of likely N-dealkylation sites (tertiary alicyclic amines) is 1. The van der Waals surface area contributed by atoms with Crippen molar-refractivity contribution in [3.05, 3.63) is 35.4 Å². The predicted molar refractivity (Wildman–Crippen MR) is 95.5 cm³/mol. The molecule has 0 radical (unpaired) electrons. The van der Waals surface area contributed by atoms with Crippen molar-refractivity contribution >= 4 is 11.8 Å². The second-order valence-corrected chi connectivity index (χ2v) is 6.84. The van der Waals surface area contributed by atoms with Crippen LogP contribution >= 0.6 is 0 Å². The summed E-state index contributed by atoms with van der Waals surface area (Å²) in [4.78, 5) is 25.9. The van der Waals surface area contributed by atoms with E-state index in [1.54, 1.807) is 0 Å². The second kappa shape index (κ2) is 8.83. The molecule has 0 aromatic heterocycles. The SMILES string of the molecule is Cc1ccc(CCC(=O)NCC(=O)N2CCC(C(C)N)CC2)cc1. The quantitative estimate of drug-likeness (QED) is 0.832. The molecule has 1 aromatic rings. The minimum atomic E-state index is -0.0746. The first-order valence-electron chi connectivity index (χ1n) is 8.81. The van der Waals surface area contributed by atoms with Crippen LogP contribution < -0.4 is 11.1 Å². The van der Waals surface area contributed by atoms with E-state index in [0.29, 0.717) is 18.8 Å². The molecule has 0 aliphatic carbocycles. The smallest absolute Gasteiger partial charge is 0.241 e. The number of benzene rings is 1. The van der Waals surface area contributed by atoms with E-state index < -0.39 is 0 Å². The minimum absolute atomic E-state index is 0.00168. The molecule has 3 N–H and O–H groups in total. The lowest BCUT2D eigenvalue weighted by molar-refractivity contribution is -0.134. The van der Waals surface area contributed by atoms with Gasteiger partial charge in [0.1, 0.15) is 0 Å². The van der Waals surface area contributed by atoms with Gasteiger partial charge in [0.25, 0.3) is 0 Å². The summed E-state index contributed by atoms with van der Waals surface area (Å²) in [5, 5.41) is 2.74. The van der Waals surface area contributed by atoms with Crippen LogP contribution in [0, 0.1) is 12.8 Å². The molecular weight excluding hydrogens is 302 g/mol. The Bertz CT molecular complexity index is 546. The van der Waals surface area contributed by atoms with E-state index >= 15 is 0 Å². The van der Waals surface area contributed by atoms with Crippen LogP contribution in [-0.4, -0.2) is 42.4 Å². The summed E-state index contributed by atoms with van der Waals surface area (Å²) in [5.74, 6) is 0.425. The Labute approximate surface area is 144 Å². The van der Waals surface area contributed by atoms with E-state index in [1.807, 2.05) is 43.0 Å². The lowest BCUT2D eigenvalue weighted by Crippen LogP contribution is -2.46. The number of hydrogen-bond donors (Lipinski definition) is 2. The maximum Gasteiger partial charge on any atom is 0.241 e. The van der Waals surface area contributed by atoms with E-state index in [2.05, 4.69) is 5.32 Å². The highest BCUT2D eigenvalue weighted by atomic mass is 16.2. The standard InChI is InChI=1S/C19H29N3O2/c1-14-3-5-16(6-4-14)7-8-18(23)21-13-19(24)22-11-9-17(10-12-22)15(2)20/h3-6,15,17H,7-13,20H2,1-2H3,(H,21,23). The monoisotopic (exact) mass is 331 g/mol. The molecule has 1 aromatic carbocycles. The number of piperidine rings is 1. The first-order chi connectivity index (χ1) is 11.5. The fourth-order valence-corrected chi connectivity index (χ4v) is 3.06. The number of amides is 2. The van der Waals surface area contributed by atoms with Gasteiger partial charge in [-0.3, -0.25) is 9.59 Å². The molecule has 1 atom stereocenters. The molecule has 1 heterocycles. The van der Waals surface area contributed by atoms with Gasteiger partial charge in [-0.05, 0) is 44.6 Å². The molecule has 2 amide bonds. The zero-order chi connectivity index (χ0) is 17.5. The fourth-order valence-electron chi connectivity index (χ4n) is 3.06. The van der Waals surface area contributed by atoms with Crippen LogP contribution in [0.2, 0.25) is 0 Å². The maximum absolute atomic E-state index is 12.2. The summed E-state index contributed by atoms with van der Waals surface area (Å²) in [7, 11) is 0. The zero-order valence-electron chi connectivity index (χ0n) is 14.8. The molecule has 1 saturated heterocycles. The highest BCUT2D eigenvalue weighted by molar-refractivity contribution is 5.84. The number of nitrogens with two attached hydrogens (primary N) is 1. The molecule has 5 nitrogen and oxygen atoms in total. The van der Waals surface area contributed by atoms with Crippen LogP contribution in [-0.2, 0) is 16.0 Å². The third-order valence-corrected chi connectivity index (χ3v) is 4.83. The van der Waals surface area contributed by atoms with E-state index in [4.69, 9.17) is 5.73 Å². The molecule has 1 aliphatic heterocycles. The number of rotatable bonds is 6. The van der Waals surface area contributed by atoms with Gasteiger partial charge in [0.15, 0.2) is 0 Å². The van der Waals surface area contributed by atoms with Gasteiger partial charge >= 0.3 is 0 Å². The van der Waals surface area contributed by atoms with E-state index in [9.17, 15) is 9.59 Å². The van der Waals surface area contributed by atoms with Crippen molar-refractivity contribution in [3.8, 4) is 0 Å². The lowest BCUT2D eigenvalue weighted by atomic mass is 9.91. The Balaban J connectivity index is 1.66. The molecular formula is C19H29N3O2. The molecule has 24 heavy (non-hydrogen) atoms. The minimum Gasteiger partial charge on any atom is -0.347 e. The molecule has 1 unspecified atom stereocenters. The van der Waals surface area contributed by atoms with Crippen LogP contribution in [0.25, 0.3) is 0 Å². The number of nitrogens with zero attached hydrogens (tertiary/aromatic N) is 1. The van der Waals surface area contributed by atoms with Crippen molar-refractivity contribution in [3.63, 3.8) is 0 Å². The molecule has 1 fully saturated rings. The van der Waals surface area contributed by atoms with Crippen LogP contribution in [0.1, 0.15) is 37.3 Å². The van der Waals surface area contributed by atoms with Crippen molar-refractivity contribution < 1.29 is 9.59 Å². The summed E-state index contributed by atoms with van der Waals surface area (Å²) in [5.41, 5.74) is 8.26. The largest absolute Gasteiger partial charge is 0.347 e. The molecule has 1 aliphatic rings. The third kappa shape index (κ3) is 5.64. The summed E-state index contributed by atoms with van der Waals surface area (Å²) in [6, 6.07) is 8.35. The highest BCUT2D eigenvalue weighted by Crippen LogP contribution is 2.19. The van der Waals surface area contributed by atoms with Crippen molar-refractivity contribution in [2.75, 3.05) is 19.6 Å². The number of carbonyl (C=O) groups excluding carboxylic acids is 2. The van der Waals surface area contributed by atoms with Gasteiger partial charge in [-0.1, -0.05) is 29.8 Å². The Hall–Kier alpha value is -1.88. The van der Waals surface area contributed by atoms with Gasteiger partial charge in [-0.15, -0.1) is 0 Å². The Morgan fingerprint density at radius 1 is 1.25 bits per heavy atom. The molecule has 132 valence electrons. The molecule has 0 bridgehead atoms. The van der Waals surface area contributed by atoms with Crippen LogP contribution in [0.4, 0.5) is 0 Å². The zero-order valence-corrected chi connectivity index (χ0v) is 14.8. The highest BCUT2D eigenvalue weighted by Gasteiger charge is 2.24. The normalized spacial score (nSPS) is 16.7. The fraction of sp³-hybridized carbons (Fsp3) is 0.579. The summed E-state index contributed by atoms with van der Waals surface area (Å²) < 4.78 is 0. The van der Waals surface area contributed by atoms with E-state index in [1.165, 1.54) is 5.56 Å². The first-order valence-corrected chi connectivity index (χ1v) is 8.81. The van der Waals surface area contributed by atoms with Gasteiger partial charge < -0.3 is 16.0 Å². The molecule has 5 heteroatoms. The van der Waals surface area contributed by atoms with Crippen LogP contribution in [0.15, 0.2) is 24.3 Å². The van der Waals surface area contributed by atoms with Gasteiger partial charge in [0, 0.05) is 25.6 Å². The average Bonchev–Trinajstić information content (AvgIpc) is 2.59. The summed E-state index contributed by atoms with van der Waals surface area (Å²) in [6.45, 7) is 5.64. The molecule has 2 rings (SSSR count). The van der Waals surface area contributed by atoms with Gasteiger partial charge in [0.2, 0.25) is 11.8 Å². The van der Waals surface area contributed by atoms with Crippen molar-refractivity contribution in [2.24, 2.45) is 11.7 Å². The van der Waals surface area contributed by atoms with Gasteiger partial charge in [0.05, 0.1) is 6.54 Å². The van der Waals surface area contributed by atoms with Crippen molar-refractivity contribution in [1.82, 2.24) is 10.2 Å². The predicted octanol–water partition coefficient (Wildman–Crippen LogP) is 1.63. The van der Waals surface area contributed by atoms with Crippen molar-refractivity contribution in [2.45, 2.75) is 45.6 Å². The van der Waals surface area contributed by atoms with Gasteiger partial charge in [-0.25, -0.2) is 0 Å². The summed E-state index contributed by atoms with van der Waals surface area (Å²) >= 11 is 0. The second-order valence-electron chi connectivity index (χ2n) is 6.84. The van der Waals surface area contributed by atoms with E-state index in [-0.39, 0.29) is 24.4 Å². The first kappa shape index (κ1) is 18.5. The number of nitrogens with one attached hydrogen (secondary N) is 1. The number of carbonyl (C=O) groups is 2. The number of hydrogen-bond acceptors (Lipinski definition) is 3. The average molecular weight is 331 g/mol. The topological polar surface area (TPSA) is 75.4 Å². The van der Waals surface area contributed by atoms with Crippen LogP contribution in [0.3, 0.4) is 0 Å². The Morgan fingerprint density at radius 2 is 1.88 bits per heavy atom.